The third kappa shape index (κ3) is 4.75. The highest BCUT2D eigenvalue weighted by Crippen LogP contribution is 2.25. The van der Waals surface area contributed by atoms with Crippen LogP contribution >= 0.6 is 11.6 Å². The van der Waals surface area contributed by atoms with Gasteiger partial charge in [0.15, 0.2) is 0 Å². The summed E-state index contributed by atoms with van der Waals surface area (Å²) in [5.41, 5.74) is 2.52. The molecule has 8 nitrogen and oxygen atoms in total. The van der Waals surface area contributed by atoms with Crippen LogP contribution in [0.5, 0.6) is 0 Å². The number of halogens is 1. The number of fused-ring (bicyclic) bond motifs is 1. The first-order chi connectivity index (χ1) is 16.8. The maximum absolute atomic E-state index is 13.2. The van der Waals surface area contributed by atoms with Crippen molar-refractivity contribution in [3.05, 3.63) is 83.5 Å². The minimum absolute atomic E-state index is 0.0749. The molecule has 1 saturated heterocycles. The zero-order valence-electron chi connectivity index (χ0n) is 18.9. The molecule has 0 bridgehead atoms. The van der Waals surface area contributed by atoms with E-state index in [0.29, 0.717) is 5.02 Å². The van der Waals surface area contributed by atoms with Crippen molar-refractivity contribution in [1.29, 1.82) is 0 Å². The molecule has 2 aromatic carbocycles. The van der Waals surface area contributed by atoms with Gasteiger partial charge in [0.1, 0.15) is 0 Å². The average Bonchev–Trinajstić information content (AvgIpc) is 2.88. The van der Waals surface area contributed by atoms with Gasteiger partial charge >= 0.3 is 0 Å². The van der Waals surface area contributed by atoms with Gasteiger partial charge < -0.3 is 4.90 Å². The molecule has 1 fully saturated rings. The van der Waals surface area contributed by atoms with Gasteiger partial charge in [-0.2, -0.15) is 4.31 Å². The van der Waals surface area contributed by atoms with Gasteiger partial charge in [0.05, 0.1) is 10.6 Å². The number of aromatic nitrogens is 3. The Morgan fingerprint density at radius 1 is 0.886 bits per heavy atom. The number of hydrogen-bond donors (Lipinski definition) is 0. The average molecular weight is 508 g/mol. The number of pyridine rings is 1. The lowest BCUT2D eigenvalue weighted by Gasteiger charge is -2.33. The number of carbonyl (C=O) groups is 1. The van der Waals surface area contributed by atoms with Crippen molar-refractivity contribution in [2.75, 3.05) is 26.2 Å². The number of carbonyl (C=O) groups excluding carboxylic acids is 1. The molecule has 10 heteroatoms. The Kier molecular flexibility index (Phi) is 6.22. The minimum atomic E-state index is -3.69. The molecule has 0 saturated carbocycles. The predicted octanol–water partition coefficient (Wildman–Crippen LogP) is 3.80. The van der Waals surface area contributed by atoms with Gasteiger partial charge in [0.25, 0.3) is 5.91 Å². The van der Waals surface area contributed by atoms with E-state index in [1.807, 2.05) is 19.1 Å². The highest BCUT2D eigenvalue weighted by atomic mass is 35.5. The Morgan fingerprint density at radius 2 is 1.57 bits per heavy atom. The number of amides is 1. The first kappa shape index (κ1) is 23.3. The van der Waals surface area contributed by atoms with Crippen molar-refractivity contribution in [3.8, 4) is 11.3 Å². The number of rotatable bonds is 4. The highest BCUT2D eigenvalue weighted by molar-refractivity contribution is 7.89. The van der Waals surface area contributed by atoms with Gasteiger partial charge in [-0.15, -0.1) is 0 Å². The van der Waals surface area contributed by atoms with Crippen LogP contribution in [0.1, 0.15) is 16.2 Å². The van der Waals surface area contributed by atoms with Crippen LogP contribution in [0.3, 0.4) is 0 Å². The first-order valence-corrected chi connectivity index (χ1v) is 12.9. The fourth-order valence-electron chi connectivity index (χ4n) is 4.04. The summed E-state index contributed by atoms with van der Waals surface area (Å²) in [6.45, 7) is 2.87. The lowest BCUT2D eigenvalue weighted by Crippen LogP contribution is -2.50. The Morgan fingerprint density at radius 3 is 2.29 bits per heavy atom. The second-order valence-corrected chi connectivity index (χ2v) is 10.7. The maximum Gasteiger partial charge on any atom is 0.291 e. The molecule has 35 heavy (non-hydrogen) atoms. The number of aryl methyl sites for hydroxylation is 1. The lowest BCUT2D eigenvalue weighted by molar-refractivity contribution is 0.0685. The second-order valence-electron chi connectivity index (χ2n) is 8.36. The summed E-state index contributed by atoms with van der Waals surface area (Å²) < 4.78 is 27.8. The van der Waals surface area contributed by atoms with Gasteiger partial charge in [-0.3, -0.25) is 9.78 Å². The van der Waals surface area contributed by atoms with E-state index in [2.05, 4.69) is 15.0 Å². The molecule has 0 aliphatic carbocycles. The molecule has 0 atom stereocenters. The monoisotopic (exact) mass is 507 g/mol. The maximum atomic E-state index is 13.2. The van der Waals surface area contributed by atoms with Gasteiger partial charge in [0.2, 0.25) is 15.8 Å². The molecule has 178 valence electrons. The Labute approximate surface area is 208 Å². The molecular formula is C25H22ClN5O3S. The first-order valence-electron chi connectivity index (χ1n) is 11.0. The van der Waals surface area contributed by atoms with Crippen LogP contribution in [0.4, 0.5) is 0 Å². The van der Waals surface area contributed by atoms with E-state index in [-0.39, 0.29) is 42.8 Å². The van der Waals surface area contributed by atoms with Crippen molar-refractivity contribution in [2.24, 2.45) is 0 Å². The molecule has 3 heterocycles. The lowest BCUT2D eigenvalue weighted by atomic mass is 10.1. The van der Waals surface area contributed by atoms with Crippen molar-refractivity contribution in [1.82, 2.24) is 24.2 Å². The van der Waals surface area contributed by atoms with Crippen LogP contribution < -0.4 is 0 Å². The number of nitrogens with zero attached hydrogens (tertiary/aromatic N) is 5. The molecule has 0 N–H and O–H groups in total. The van der Waals surface area contributed by atoms with Crippen molar-refractivity contribution >= 4 is 38.3 Å². The fraction of sp³-hybridized carbons (Fsp3) is 0.200. The van der Waals surface area contributed by atoms with Crippen LogP contribution in [0.2, 0.25) is 5.02 Å². The summed E-state index contributed by atoms with van der Waals surface area (Å²) in [7, 11) is -3.69. The number of piperazine rings is 1. The van der Waals surface area contributed by atoms with Gasteiger partial charge in [-0.25, -0.2) is 18.4 Å². The molecular weight excluding hydrogens is 486 g/mol. The van der Waals surface area contributed by atoms with E-state index in [1.165, 1.54) is 4.31 Å². The number of benzene rings is 2. The highest BCUT2D eigenvalue weighted by Gasteiger charge is 2.31. The van der Waals surface area contributed by atoms with E-state index in [9.17, 15) is 13.2 Å². The van der Waals surface area contributed by atoms with Crippen LogP contribution in [0.15, 0.2) is 72.0 Å². The SMILES string of the molecule is Cc1ccnc(-c2cnc(C(=O)N3CCN(S(=O)(=O)c4ccc5cc(Cl)ccc5c4)CC3)nc2)c1. The number of sulfonamides is 1. The molecule has 4 aromatic rings. The van der Waals surface area contributed by atoms with Gasteiger partial charge in [0, 0.05) is 55.4 Å². The van der Waals surface area contributed by atoms with E-state index in [0.717, 1.165) is 27.6 Å². The zero-order chi connectivity index (χ0) is 24.6. The second kappa shape index (κ2) is 9.33. The van der Waals surface area contributed by atoms with Crippen molar-refractivity contribution < 1.29 is 13.2 Å². The Balaban J connectivity index is 1.26. The molecule has 0 radical (unpaired) electrons. The van der Waals surface area contributed by atoms with Crippen molar-refractivity contribution in [2.45, 2.75) is 11.8 Å². The van der Waals surface area contributed by atoms with E-state index in [1.54, 1.807) is 59.9 Å². The molecule has 1 aliphatic rings. The van der Waals surface area contributed by atoms with Gasteiger partial charge in [-0.05, 0) is 59.7 Å². The molecule has 5 rings (SSSR count). The smallest absolute Gasteiger partial charge is 0.291 e. The third-order valence-corrected chi connectivity index (χ3v) is 8.12. The summed E-state index contributed by atoms with van der Waals surface area (Å²) in [5, 5.41) is 2.26. The quantitative estimate of drug-likeness (QED) is 0.417. The molecule has 2 aromatic heterocycles. The van der Waals surface area contributed by atoms with E-state index in [4.69, 9.17) is 11.6 Å². The van der Waals surface area contributed by atoms with Crippen LogP contribution in [-0.2, 0) is 10.0 Å². The normalized spacial score (nSPS) is 14.9. The van der Waals surface area contributed by atoms with Crippen LogP contribution in [-0.4, -0.2) is 64.7 Å². The summed E-state index contributed by atoms with van der Waals surface area (Å²) in [6.07, 6.45) is 4.87. The largest absolute Gasteiger partial charge is 0.333 e. The summed E-state index contributed by atoms with van der Waals surface area (Å²) in [6, 6.07) is 14.1. The van der Waals surface area contributed by atoms with Crippen molar-refractivity contribution in [3.63, 3.8) is 0 Å². The Hall–Kier alpha value is -3.40. The summed E-state index contributed by atoms with van der Waals surface area (Å²) >= 11 is 6.02. The molecule has 1 aliphatic heterocycles. The molecule has 0 spiro atoms. The predicted molar refractivity (Wildman–Crippen MR) is 134 cm³/mol. The van der Waals surface area contributed by atoms with E-state index >= 15 is 0 Å². The topological polar surface area (TPSA) is 96.4 Å². The summed E-state index contributed by atoms with van der Waals surface area (Å²) in [5.74, 6) is -0.251. The third-order valence-electron chi connectivity index (χ3n) is 5.99. The fourth-order valence-corrected chi connectivity index (χ4v) is 5.68. The Bertz CT molecular complexity index is 1520. The van der Waals surface area contributed by atoms with Gasteiger partial charge in [-0.1, -0.05) is 23.7 Å². The summed E-state index contributed by atoms with van der Waals surface area (Å²) in [4.78, 5) is 27.5. The van der Waals surface area contributed by atoms with Crippen LogP contribution in [0.25, 0.3) is 22.0 Å². The minimum Gasteiger partial charge on any atom is -0.333 e. The molecule has 0 unspecified atom stereocenters. The molecule has 1 amide bonds. The standard InChI is InChI=1S/C25H22ClN5O3S/c1-17-6-7-27-23(12-17)20-15-28-24(29-16-20)25(32)30-8-10-31(11-9-30)35(33,34)22-5-3-18-13-21(26)4-2-19(18)14-22/h2-7,12-16H,8-11H2,1H3. The van der Waals surface area contributed by atoms with Crippen LogP contribution in [0, 0.1) is 6.92 Å². The zero-order valence-corrected chi connectivity index (χ0v) is 20.5. The number of hydrogen-bond acceptors (Lipinski definition) is 6. The van der Waals surface area contributed by atoms with E-state index < -0.39 is 10.0 Å².